The first-order chi connectivity index (χ1) is 59.7. The summed E-state index contributed by atoms with van der Waals surface area (Å²) >= 11 is 2.90. The van der Waals surface area contributed by atoms with E-state index in [4.69, 9.17) is 49.9 Å². The van der Waals surface area contributed by atoms with Crippen molar-refractivity contribution in [2.75, 3.05) is 136 Å². The molecule has 18 unspecified atom stereocenters. The molecule has 4 heterocycles. The molecule has 125 heavy (non-hydrogen) atoms. The number of carbonyl (C=O) groups is 8. The van der Waals surface area contributed by atoms with Crippen molar-refractivity contribution in [3.63, 3.8) is 0 Å². The number of methoxy groups -OCH3 is 4. The average Bonchev–Trinajstić information content (AvgIpc) is 1.75. The molecule has 0 bridgehead atoms. The van der Waals surface area contributed by atoms with Gasteiger partial charge in [-0.25, -0.2) is 21.8 Å². The number of rotatable bonds is 58. The maximum atomic E-state index is 15.0. The topological polar surface area (TPSA) is 365 Å². The first-order valence-corrected chi connectivity index (χ1v) is 46.6. The van der Waals surface area contributed by atoms with Crippen molar-refractivity contribution in [3.8, 4) is 11.3 Å². The third kappa shape index (κ3) is 30.8. The number of ether oxygens (including phenoxy) is 7. The highest BCUT2D eigenvalue weighted by Crippen LogP contribution is 2.36. The molecule has 2 fully saturated rings. The fraction of sp³-hybridized carbons (Fsp3) is 0.717. The summed E-state index contributed by atoms with van der Waals surface area (Å²) in [5.41, 5.74) is 3.50. The van der Waals surface area contributed by atoms with Crippen LogP contribution in [-0.2, 0) is 94.0 Å². The third-order valence-corrected chi connectivity index (χ3v) is 27.0. The Morgan fingerprint density at radius 3 is 1.28 bits per heavy atom. The molecule has 0 aliphatic carbocycles. The third-order valence-electron chi connectivity index (χ3n) is 25.1. The summed E-state index contributed by atoms with van der Waals surface area (Å²) in [6, 6.07) is 12.1. The minimum absolute atomic E-state index is 0.0405. The Kier molecular flexibility index (Phi) is 46.5. The van der Waals surface area contributed by atoms with Crippen LogP contribution in [0.4, 0.5) is 0 Å². The van der Waals surface area contributed by atoms with Gasteiger partial charge in [0.15, 0.2) is 0 Å². The second-order valence-corrected chi connectivity index (χ2v) is 37.0. The second-order valence-electron chi connectivity index (χ2n) is 35.2. The fourth-order valence-corrected chi connectivity index (χ4v) is 19.4. The van der Waals surface area contributed by atoms with Crippen molar-refractivity contribution in [2.45, 2.75) is 246 Å². The molecule has 704 valence electrons. The minimum Gasteiger partial charge on any atom is -0.379 e. The van der Waals surface area contributed by atoms with Gasteiger partial charge in [0.25, 0.3) is 0 Å². The Balaban J connectivity index is 1.12. The van der Waals surface area contributed by atoms with Crippen LogP contribution in [0.2, 0.25) is 0 Å². The Hall–Kier alpha value is -7.06. The zero-order valence-corrected chi connectivity index (χ0v) is 80.3. The van der Waals surface area contributed by atoms with Crippen molar-refractivity contribution < 1.29 is 81.2 Å². The average molecular weight is 1790 g/mol. The van der Waals surface area contributed by atoms with Crippen molar-refractivity contribution >= 4 is 69.9 Å². The minimum atomic E-state index is -0.878. The molecule has 2 saturated heterocycles. The summed E-state index contributed by atoms with van der Waals surface area (Å²) in [4.78, 5) is 148. The number of amides is 8. The molecule has 33 heteroatoms. The zero-order valence-electron chi connectivity index (χ0n) is 78.7. The summed E-state index contributed by atoms with van der Waals surface area (Å²) in [5.74, 6) is 5.85. The van der Waals surface area contributed by atoms with E-state index in [1.54, 1.807) is 58.5 Å². The highest BCUT2D eigenvalue weighted by molar-refractivity contribution is 7.10. The molecule has 18 atom stereocenters. The Labute approximate surface area is 752 Å². The number of benzene rings is 2. The zero-order chi connectivity index (χ0) is 92.3. The maximum absolute atomic E-state index is 15.0. The molecule has 2 aromatic heterocycles. The van der Waals surface area contributed by atoms with E-state index in [1.807, 2.05) is 196 Å². The van der Waals surface area contributed by atoms with Gasteiger partial charge in [0.1, 0.15) is 22.1 Å². The molecular weight excluding hydrogens is 1640 g/mol. The predicted octanol–water partition coefficient (Wildman–Crippen LogP) is 8.93. The van der Waals surface area contributed by atoms with Gasteiger partial charge in [-0.1, -0.05) is 164 Å². The molecule has 2 aliphatic heterocycles. The van der Waals surface area contributed by atoms with E-state index in [0.717, 1.165) is 27.4 Å². The van der Waals surface area contributed by atoms with Crippen molar-refractivity contribution in [2.24, 2.45) is 59.1 Å². The van der Waals surface area contributed by atoms with Gasteiger partial charge < -0.3 is 83.7 Å². The number of aromatic nitrogens is 2. The fourth-order valence-electron chi connectivity index (χ4n) is 17.8. The number of hydrogen-bond donors (Lipinski definition) is 6. The molecule has 8 amide bonds. The largest absolute Gasteiger partial charge is 0.379 e. The van der Waals surface area contributed by atoms with Gasteiger partial charge in [0, 0.05) is 91.2 Å². The molecule has 0 spiro atoms. The van der Waals surface area contributed by atoms with Gasteiger partial charge in [-0.05, 0) is 99.3 Å². The molecule has 31 nitrogen and oxygen atoms in total. The number of likely N-dealkylation sites (tertiary alicyclic amines) is 2. The standard InChI is InChI=1S/C92H152N14O17S2/c1-23-61(11)81(104(18)92(114)78(58(5)6)100-88(112)80(60(9)10)102(16)42-44-120-47-49-122-93)73(115-19)54-75(107)105-39-28-32-71(105)83(117-21)63(13)85(109)96-68(89-95-38-51-124-89)53-66-34-36-67(37-35-66)70-56-125-90(98-70)69(52-65-30-26-25-27-31-65)97-86(110)64(14)84(118-22)72-33-29-40-106(72)76(108)55-74(116-20)82(62(12)24-2)103(17)91(113)77(57(3)4)99-87(111)79(59(7)8)101(15)41-43-119-45-46-121-48-50-123-94/h25-27,30-31,34-38,51,56-64,68-69,71-74,77-84H,23-24,28-29,32-33,39-50,52-55,93-94H2,1-22H3,(H,96,109)(H,97,110)(H,99,111)(H,100,112). The van der Waals surface area contributed by atoms with Crippen LogP contribution in [0.5, 0.6) is 0 Å². The lowest BCUT2D eigenvalue weighted by Crippen LogP contribution is -2.60. The molecule has 8 N–H and O–H groups in total. The van der Waals surface area contributed by atoms with Crippen LogP contribution in [0.3, 0.4) is 0 Å². The number of nitrogens with one attached hydrogen (secondary N) is 4. The normalized spacial score (nSPS) is 18.4. The van der Waals surface area contributed by atoms with E-state index in [-0.39, 0.29) is 109 Å². The van der Waals surface area contributed by atoms with E-state index in [0.29, 0.717) is 122 Å². The van der Waals surface area contributed by atoms with Gasteiger partial charge >= 0.3 is 0 Å². The predicted molar refractivity (Wildman–Crippen MR) is 486 cm³/mol. The summed E-state index contributed by atoms with van der Waals surface area (Å²) < 4.78 is 41.8. The lowest BCUT2D eigenvalue weighted by Gasteiger charge is -2.41. The van der Waals surface area contributed by atoms with Gasteiger partial charge in [-0.3, -0.25) is 48.2 Å². The molecule has 2 aromatic carbocycles. The highest BCUT2D eigenvalue weighted by atomic mass is 32.1. The van der Waals surface area contributed by atoms with Crippen molar-refractivity contribution in [1.29, 1.82) is 0 Å². The summed E-state index contributed by atoms with van der Waals surface area (Å²) in [5, 5.41) is 18.2. The first-order valence-electron chi connectivity index (χ1n) is 44.9. The Bertz CT molecular complexity index is 3850. The number of nitrogens with zero attached hydrogens (tertiary/aromatic N) is 8. The van der Waals surface area contributed by atoms with Crippen LogP contribution >= 0.6 is 22.7 Å². The summed E-state index contributed by atoms with van der Waals surface area (Å²) in [6.07, 6.45) is 3.63. The number of likely N-dealkylation sites (N-methyl/N-ethyl adjacent to an activating group) is 4. The van der Waals surface area contributed by atoms with Gasteiger partial charge in [0.2, 0.25) is 47.3 Å². The Morgan fingerprint density at radius 1 is 0.496 bits per heavy atom. The van der Waals surface area contributed by atoms with Crippen molar-refractivity contribution in [3.05, 3.63) is 92.7 Å². The molecular formula is C92H152N14O17S2. The van der Waals surface area contributed by atoms with Crippen molar-refractivity contribution in [1.82, 2.24) is 60.6 Å². The molecule has 0 radical (unpaired) electrons. The second kappa shape index (κ2) is 54.4. The van der Waals surface area contributed by atoms with E-state index in [1.165, 1.54) is 22.7 Å². The molecule has 0 saturated carbocycles. The van der Waals surface area contributed by atoms with Gasteiger partial charge in [-0.15, -0.1) is 22.7 Å². The molecule has 4 aromatic rings. The van der Waals surface area contributed by atoms with Crippen LogP contribution in [0.25, 0.3) is 11.3 Å². The number of carbonyl (C=O) groups excluding carboxylic acids is 8. The van der Waals surface area contributed by atoms with Gasteiger partial charge in [-0.2, -0.15) is 0 Å². The van der Waals surface area contributed by atoms with Crippen LogP contribution in [0.1, 0.15) is 182 Å². The summed E-state index contributed by atoms with van der Waals surface area (Å²) in [7, 11) is 13.5. The van der Waals surface area contributed by atoms with Gasteiger partial charge in [0.05, 0.1) is 156 Å². The smallest absolute Gasteiger partial charge is 0.245 e. The monoisotopic (exact) mass is 1790 g/mol. The number of nitrogens with two attached hydrogens (primary N) is 2. The van der Waals surface area contributed by atoms with Crippen LogP contribution in [0.15, 0.2) is 71.6 Å². The summed E-state index contributed by atoms with van der Waals surface area (Å²) in [6.45, 7) is 31.8. The van der Waals surface area contributed by atoms with E-state index < -0.39 is 96.7 Å². The maximum Gasteiger partial charge on any atom is 0.245 e. The molecule has 6 rings (SSSR count). The SMILES string of the molecule is CCC(C)C(C(CC(=O)N1CCCC1C(OC)C(C)C(=O)NC(Cc1ccc(-c2csc(C(Cc3ccccc3)NC(=O)C(C)C(OC)C3CCCN3C(=O)CC(OC)C(C(C)CC)N(C)C(=O)C(NC(=O)C(C(C)C)N(C)CCOCCOCCON)C(C)C)n2)cc1)c1nccs1)OC)N(C)C(=O)C(NC(=O)C(C(C)C)N(C)CCOCCON)C(C)C. The lowest BCUT2D eigenvalue weighted by molar-refractivity contribution is -0.148. The number of thiazole rings is 2. The molecule has 2 aliphatic rings. The quantitative estimate of drug-likeness (QED) is 0.0177. The van der Waals surface area contributed by atoms with E-state index >= 15 is 0 Å². The Morgan fingerprint density at radius 2 is 0.904 bits per heavy atom. The first kappa shape index (κ1) is 107. The van der Waals surface area contributed by atoms with E-state index in [9.17, 15) is 38.4 Å². The van der Waals surface area contributed by atoms with Crippen LogP contribution in [0, 0.1) is 47.3 Å². The van der Waals surface area contributed by atoms with E-state index in [2.05, 4.69) is 35.9 Å². The lowest BCUT2D eigenvalue weighted by atomic mass is 9.89. The number of hydrogen-bond acceptors (Lipinski definition) is 25. The van der Waals surface area contributed by atoms with Crippen LogP contribution in [-0.4, -0.2) is 295 Å². The van der Waals surface area contributed by atoms with Crippen LogP contribution < -0.4 is 33.1 Å². The highest BCUT2D eigenvalue weighted by Gasteiger charge is 2.47.